The molecule has 0 aliphatic rings. The van der Waals surface area contributed by atoms with E-state index in [1.54, 1.807) is 6.07 Å². The number of aryl methyl sites for hydroxylation is 1. The first-order valence-corrected chi connectivity index (χ1v) is 7.43. The second-order valence-electron chi connectivity index (χ2n) is 4.97. The highest BCUT2D eigenvalue weighted by Crippen LogP contribution is 2.23. The van der Waals surface area contributed by atoms with Crippen LogP contribution in [0.2, 0.25) is 0 Å². The number of hydrogen-bond acceptors (Lipinski definition) is 2. The Balaban J connectivity index is 2.07. The normalized spacial score (nSPS) is 10.6. The number of benzene rings is 2. The third-order valence-electron chi connectivity index (χ3n) is 3.43. The third-order valence-corrected chi connectivity index (χ3v) is 3.43. The van der Waals surface area contributed by atoms with Crippen LogP contribution in [-0.4, -0.2) is 6.54 Å². The van der Waals surface area contributed by atoms with Gasteiger partial charge in [-0.3, -0.25) is 0 Å². The van der Waals surface area contributed by atoms with Gasteiger partial charge in [0.15, 0.2) is 11.6 Å². The van der Waals surface area contributed by atoms with Crippen LogP contribution in [0.4, 0.5) is 4.39 Å². The Kier molecular flexibility index (Phi) is 5.76. The Labute approximate surface area is 126 Å². The minimum atomic E-state index is -0.310. The molecule has 0 radical (unpaired) electrons. The van der Waals surface area contributed by atoms with E-state index in [-0.39, 0.29) is 5.82 Å². The summed E-state index contributed by atoms with van der Waals surface area (Å²) in [7, 11) is 0. The summed E-state index contributed by atoms with van der Waals surface area (Å²) in [4.78, 5) is 0. The first-order chi connectivity index (χ1) is 10.2. The molecular formula is C18H22FNO. The van der Waals surface area contributed by atoms with Crippen molar-refractivity contribution in [2.75, 3.05) is 6.54 Å². The molecule has 0 saturated heterocycles. The third kappa shape index (κ3) is 4.30. The molecule has 0 saturated carbocycles. The predicted octanol–water partition coefficient (Wildman–Crippen LogP) is 4.08. The summed E-state index contributed by atoms with van der Waals surface area (Å²) < 4.78 is 19.7. The largest absolute Gasteiger partial charge is 0.485 e. The van der Waals surface area contributed by atoms with Gasteiger partial charge in [0.2, 0.25) is 0 Å². The molecule has 21 heavy (non-hydrogen) atoms. The van der Waals surface area contributed by atoms with Crippen molar-refractivity contribution in [2.24, 2.45) is 0 Å². The number of para-hydroxylation sites is 1. The van der Waals surface area contributed by atoms with Gasteiger partial charge in [-0.05, 0) is 30.2 Å². The van der Waals surface area contributed by atoms with E-state index in [1.807, 2.05) is 25.1 Å². The van der Waals surface area contributed by atoms with Crippen LogP contribution in [-0.2, 0) is 19.6 Å². The van der Waals surface area contributed by atoms with Crippen LogP contribution in [0.1, 0.15) is 30.5 Å². The molecule has 0 aliphatic heterocycles. The zero-order valence-corrected chi connectivity index (χ0v) is 12.7. The van der Waals surface area contributed by atoms with E-state index in [2.05, 4.69) is 24.4 Å². The maximum Gasteiger partial charge on any atom is 0.165 e. The topological polar surface area (TPSA) is 21.3 Å². The summed E-state index contributed by atoms with van der Waals surface area (Å²) in [6, 6.07) is 13.3. The molecule has 0 fully saturated rings. The fourth-order valence-electron chi connectivity index (χ4n) is 2.14. The minimum Gasteiger partial charge on any atom is -0.485 e. The van der Waals surface area contributed by atoms with Crippen molar-refractivity contribution >= 4 is 0 Å². The highest BCUT2D eigenvalue weighted by Gasteiger charge is 2.09. The lowest BCUT2D eigenvalue weighted by atomic mass is 10.1. The molecule has 0 unspecified atom stereocenters. The summed E-state index contributed by atoms with van der Waals surface area (Å²) >= 11 is 0. The van der Waals surface area contributed by atoms with Gasteiger partial charge >= 0.3 is 0 Å². The molecule has 0 bridgehead atoms. The number of hydrogen-bond donors (Lipinski definition) is 1. The standard InChI is InChI=1S/C18H22FNO/c1-3-14-8-10-15(11-9-14)13-21-18-16(12-20-4-2)6-5-7-17(18)19/h5-11,20H,3-4,12-13H2,1-2H3. The number of ether oxygens (including phenoxy) is 1. The zero-order valence-electron chi connectivity index (χ0n) is 12.7. The molecule has 2 aromatic carbocycles. The van der Waals surface area contributed by atoms with Crippen LogP contribution in [0.15, 0.2) is 42.5 Å². The number of halogens is 1. The fraction of sp³-hybridized carbons (Fsp3) is 0.333. The van der Waals surface area contributed by atoms with Crippen LogP contribution in [0, 0.1) is 5.82 Å². The fourth-order valence-corrected chi connectivity index (χ4v) is 2.14. The first kappa shape index (κ1) is 15.5. The van der Waals surface area contributed by atoms with E-state index in [0.29, 0.717) is 18.9 Å². The molecule has 3 heteroatoms. The van der Waals surface area contributed by atoms with Crippen LogP contribution in [0.3, 0.4) is 0 Å². The summed E-state index contributed by atoms with van der Waals surface area (Å²) in [6.07, 6.45) is 1.02. The molecule has 0 atom stereocenters. The van der Waals surface area contributed by atoms with E-state index in [1.165, 1.54) is 11.6 Å². The van der Waals surface area contributed by atoms with Crippen LogP contribution >= 0.6 is 0 Å². The lowest BCUT2D eigenvalue weighted by Gasteiger charge is -2.13. The smallest absolute Gasteiger partial charge is 0.165 e. The minimum absolute atomic E-state index is 0.310. The molecule has 0 heterocycles. The van der Waals surface area contributed by atoms with Gasteiger partial charge < -0.3 is 10.1 Å². The number of nitrogens with one attached hydrogen (secondary N) is 1. The SMILES string of the molecule is CCNCc1cccc(F)c1OCc1ccc(CC)cc1. The van der Waals surface area contributed by atoms with Crippen molar-refractivity contribution in [3.05, 3.63) is 65.0 Å². The molecule has 0 aromatic heterocycles. The molecule has 2 aromatic rings. The highest BCUT2D eigenvalue weighted by molar-refractivity contribution is 5.35. The van der Waals surface area contributed by atoms with Gasteiger partial charge in [0.05, 0.1) is 0 Å². The molecule has 2 rings (SSSR count). The lowest BCUT2D eigenvalue weighted by Crippen LogP contribution is -2.13. The molecule has 0 aliphatic carbocycles. The van der Waals surface area contributed by atoms with Gasteiger partial charge in [-0.1, -0.05) is 50.2 Å². The predicted molar refractivity (Wildman–Crippen MR) is 83.9 cm³/mol. The first-order valence-electron chi connectivity index (χ1n) is 7.43. The lowest BCUT2D eigenvalue weighted by molar-refractivity contribution is 0.286. The highest BCUT2D eigenvalue weighted by atomic mass is 19.1. The Hall–Kier alpha value is -1.87. The molecule has 0 amide bonds. The molecular weight excluding hydrogens is 265 g/mol. The van der Waals surface area contributed by atoms with E-state index in [9.17, 15) is 4.39 Å². The van der Waals surface area contributed by atoms with E-state index >= 15 is 0 Å². The number of rotatable bonds is 7. The van der Waals surface area contributed by atoms with E-state index < -0.39 is 0 Å². The molecule has 2 nitrogen and oxygen atoms in total. The van der Waals surface area contributed by atoms with Gasteiger partial charge in [-0.2, -0.15) is 0 Å². The average molecular weight is 287 g/mol. The molecule has 0 spiro atoms. The second kappa shape index (κ2) is 7.79. The summed E-state index contributed by atoms with van der Waals surface area (Å²) in [5.74, 6) is 0.0357. The van der Waals surface area contributed by atoms with Gasteiger partial charge in [0, 0.05) is 12.1 Å². The van der Waals surface area contributed by atoms with Gasteiger partial charge in [-0.25, -0.2) is 4.39 Å². The van der Waals surface area contributed by atoms with Crippen molar-refractivity contribution < 1.29 is 9.13 Å². The second-order valence-corrected chi connectivity index (χ2v) is 4.97. The molecule has 112 valence electrons. The van der Waals surface area contributed by atoms with Gasteiger partial charge in [0.25, 0.3) is 0 Å². The van der Waals surface area contributed by atoms with Crippen molar-refractivity contribution in [3.63, 3.8) is 0 Å². The monoisotopic (exact) mass is 287 g/mol. The average Bonchev–Trinajstić information content (AvgIpc) is 2.52. The van der Waals surface area contributed by atoms with Crippen LogP contribution < -0.4 is 10.1 Å². The maximum atomic E-state index is 13.9. The maximum absolute atomic E-state index is 13.9. The Morgan fingerprint density at radius 1 is 1.00 bits per heavy atom. The van der Waals surface area contributed by atoms with Gasteiger partial charge in [0.1, 0.15) is 6.61 Å². The van der Waals surface area contributed by atoms with Crippen molar-refractivity contribution in [1.29, 1.82) is 0 Å². The van der Waals surface area contributed by atoms with Crippen molar-refractivity contribution in [1.82, 2.24) is 5.32 Å². The van der Waals surface area contributed by atoms with Crippen LogP contribution in [0.25, 0.3) is 0 Å². The Morgan fingerprint density at radius 3 is 2.38 bits per heavy atom. The van der Waals surface area contributed by atoms with E-state index in [4.69, 9.17) is 4.74 Å². The van der Waals surface area contributed by atoms with Crippen molar-refractivity contribution in [2.45, 2.75) is 33.4 Å². The zero-order chi connectivity index (χ0) is 15.1. The Bertz CT molecular complexity index is 566. The van der Waals surface area contributed by atoms with Crippen molar-refractivity contribution in [3.8, 4) is 5.75 Å². The Morgan fingerprint density at radius 2 is 1.71 bits per heavy atom. The summed E-state index contributed by atoms with van der Waals surface area (Å²) in [5.41, 5.74) is 3.18. The molecule has 1 N–H and O–H groups in total. The summed E-state index contributed by atoms with van der Waals surface area (Å²) in [6.45, 7) is 5.98. The van der Waals surface area contributed by atoms with Crippen LogP contribution in [0.5, 0.6) is 5.75 Å². The quantitative estimate of drug-likeness (QED) is 0.828. The van der Waals surface area contributed by atoms with Gasteiger partial charge in [-0.15, -0.1) is 0 Å². The van der Waals surface area contributed by atoms with E-state index in [0.717, 1.165) is 24.1 Å². The summed E-state index contributed by atoms with van der Waals surface area (Å²) in [5, 5.41) is 3.20.